The van der Waals surface area contributed by atoms with E-state index in [2.05, 4.69) is 71.2 Å². The molecule has 14 nitrogen and oxygen atoms in total. The highest BCUT2D eigenvalue weighted by Gasteiger charge is 2.33. The smallest absolute Gasteiger partial charge is 0.328 e. The Kier molecular flexibility index (Phi) is 10.7. The van der Waals surface area contributed by atoms with Crippen LogP contribution in [0, 0.1) is 17.2 Å². The first-order valence-electron chi connectivity index (χ1n) is 19.7. The van der Waals surface area contributed by atoms with Crippen molar-refractivity contribution in [3.05, 3.63) is 71.6 Å². The number of carbonyl (C=O) groups excluding carboxylic acids is 3. The van der Waals surface area contributed by atoms with Gasteiger partial charge in [-0.3, -0.25) is 15.0 Å². The predicted molar refractivity (Wildman–Crippen MR) is 217 cm³/mol. The molecule has 0 aliphatic carbocycles. The van der Waals surface area contributed by atoms with Gasteiger partial charge in [0.1, 0.15) is 6.07 Å². The summed E-state index contributed by atoms with van der Waals surface area (Å²) in [6, 6.07) is 15.6. The van der Waals surface area contributed by atoms with E-state index in [-0.39, 0.29) is 30.1 Å². The summed E-state index contributed by atoms with van der Waals surface area (Å²) in [6.07, 6.45) is 10.2. The van der Waals surface area contributed by atoms with Crippen molar-refractivity contribution in [3.8, 4) is 6.07 Å². The van der Waals surface area contributed by atoms with Crippen molar-refractivity contribution < 1.29 is 14.4 Å². The Morgan fingerprint density at radius 2 is 1.73 bits per heavy atom. The lowest BCUT2D eigenvalue weighted by atomic mass is 9.95. The molecule has 4 saturated heterocycles. The molecule has 4 aromatic rings. The molecule has 4 aliphatic rings. The van der Waals surface area contributed by atoms with Crippen LogP contribution in [0.25, 0.3) is 10.9 Å². The molecular formula is C41H48ClN11O3. The highest BCUT2D eigenvalue weighted by Crippen LogP contribution is 2.34. The molecule has 6 heterocycles. The monoisotopic (exact) mass is 777 g/mol. The lowest BCUT2D eigenvalue weighted by Gasteiger charge is -2.45. The van der Waals surface area contributed by atoms with Gasteiger partial charge in [-0.1, -0.05) is 17.7 Å². The molecule has 2 aromatic carbocycles. The average Bonchev–Trinajstić information content (AvgIpc) is 3.64. The molecule has 5 amide bonds. The van der Waals surface area contributed by atoms with Gasteiger partial charge < -0.3 is 29.5 Å². The van der Waals surface area contributed by atoms with Crippen molar-refractivity contribution >= 4 is 63.5 Å². The number of rotatable bonds is 7. The van der Waals surface area contributed by atoms with E-state index in [1.165, 1.54) is 0 Å². The Balaban J connectivity index is 0.787. The fraction of sp³-hybridized carbons (Fsp3) is 0.463. The van der Waals surface area contributed by atoms with Crippen molar-refractivity contribution in [1.82, 2.24) is 29.7 Å². The number of nitrogens with zero attached hydrogens (tertiary/aromatic N) is 9. The molecule has 15 heteroatoms. The lowest BCUT2D eigenvalue weighted by molar-refractivity contribution is -0.120. The number of piperidine rings is 2. The molecule has 0 saturated carbocycles. The van der Waals surface area contributed by atoms with E-state index in [0.29, 0.717) is 60.2 Å². The fourth-order valence-corrected chi connectivity index (χ4v) is 9.08. The molecule has 0 radical (unpaired) electrons. The minimum Gasteiger partial charge on any atom is -0.365 e. The number of piperazine rings is 1. The van der Waals surface area contributed by atoms with E-state index in [1.54, 1.807) is 23.4 Å². The number of nitriles is 1. The molecule has 2 atom stereocenters. The van der Waals surface area contributed by atoms with Crippen molar-refractivity contribution in [3.63, 3.8) is 0 Å². The van der Waals surface area contributed by atoms with E-state index in [0.717, 1.165) is 80.7 Å². The molecule has 2 N–H and O–H groups in total. The summed E-state index contributed by atoms with van der Waals surface area (Å²) in [4.78, 5) is 57.5. The summed E-state index contributed by atoms with van der Waals surface area (Å²) in [7, 11) is 0. The summed E-state index contributed by atoms with van der Waals surface area (Å²) < 4.78 is 2.37. The number of benzene rings is 2. The zero-order valence-electron chi connectivity index (χ0n) is 31.9. The third kappa shape index (κ3) is 7.70. The number of imide groups is 1. The zero-order chi connectivity index (χ0) is 38.9. The molecule has 0 spiro atoms. The van der Waals surface area contributed by atoms with Gasteiger partial charge in [0.15, 0.2) is 0 Å². The first kappa shape index (κ1) is 37.5. The number of hydrogen-bond donors (Lipinski definition) is 2. The summed E-state index contributed by atoms with van der Waals surface area (Å²) >= 11 is 6.30. The summed E-state index contributed by atoms with van der Waals surface area (Å²) in [5.74, 6) is 1.09. The summed E-state index contributed by atoms with van der Waals surface area (Å²) in [5, 5.41) is 16.1. The van der Waals surface area contributed by atoms with E-state index < -0.39 is 0 Å². The van der Waals surface area contributed by atoms with E-state index in [4.69, 9.17) is 11.6 Å². The minimum absolute atomic E-state index is 0.0475. The summed E-state index contributed by atoms with van der Waals surface area (Å²) in [6.45, 7) is 10.7. The third-order valence-corrected chi connectivity index (χ3v) is 12.3. The van der Waals surface area contributed by atoms with Crippen LogP contribution >= 0.6 is 11.6 Å². The van der Waals surface area contributed by atoms with E-state index in [9.17, 15) is 19.6 Å². The molecule has 8 rings (SSSR count). The molecule has 56 heavy (non-hydrogen) atoms. The third-order valence-electron chi connectivity index (χ3n) is 12.0. The maximum Gasteiger partial charge on any atom is 0.328 e. The number of carbonyl (C=O) groups is 3. The first-order chi connectivity index (χ1) is 27.1. The van der Waals surface area contributed by atoms with Gasteiger partial charge in [-0.05, 0) is 81.8 Å². The van der Waals surface area contributed by atoms with Gasteiger partial charge in [0.2, 0.25) is 11.9 Å². The van der Waals surface area contributed by atoms with Crippen LogP contribution in [0.5, 0.6) is 0 Å². The van der Waals surface area contributed by atoms with Crippen molar-refractivity contribution in [2.75, 3.05) is 72.4 Å². The number of amides is 5. The molecule has 0 bridgehead atoms. The second kappa shape index (κ2) is 16.0. The SMILES string of the molecule is C[C@@H]1CN(C(=O)Nc2cnc(N3CCC(CN4CCC(n5ccc6c(N7CCC(=O)NC7=O)cccc65)CC4)CC3)nc2)[C@@H](C)CN1c1ccc(C#N)c(Cl)c1. The van der Waals surface area contributed by atoms with Crippen LogP contribution in [0.2, 0.25) is 5.02 Å². The van der Waals surface area contributed by atoms with Crippen LogP contribution < -0.4 is 25.3 Å². The normalized spacial score (nSPS) is 21.7. The lowest BCUT2D eigenvalue weighted by Crippen LogP contribution is -2.59. The molecular weight excluding hydrogens is 730 g/mol. The van der Waals surface area contributed by atoms with Crippen LogP contribution in [-0.2, 0) is 4.79 Å². The second-order valence-corrected chi connectivity index (χ2v) is 16.0. The minimum atomic E-state index is -0.354. The maximum atomic E-state index is 13.4. The molecule has 292 valence electrons. The van der Waals surface area contributed by atoms with Crippen LogP contribution in [0.1, 0.15) is 57.6 Å². The molecule has 0 unspecified atom stereocenters. The number of likely N-dealkylation sites (tertiary alicyclic amines) is 1. The largest absolute Gasteiger partial charge is 0.365 e. The van der Waals surface area contributed by atoms with Crippen LogP contribution in [0.4, 0.5) is 32.6 Å². The van der Waals surface area contributed by atoms with Crippen LogP contribution in [-0.4, -0.2) is 107 Å². The number of aromatic nitrogens is 3. The first-order valence-corrected chi connectivity index (χ1v) is 20.1. The van der Waals surface area contributed by atoms with Gasteiger partial charge in [-0.15, -0.1) is 0 Å². The summed E-state index contributed by atoms with van der Waals surface area (Å²) in [5.41, 5.74) is 3.93. The second-order valence-electron chi connectivity index (χ2n) is 15.6. The van der Waals surface area contributed by atoms with Gasteiger partial charge in [0, 0.05) is 94.2 Å². The average molecular weight is 778 g/mol. The van der Waals surface area contributed by atoms with Crippen molar-refractivity contribution in [2.45, 2.75) is 64.1 Å². The van der Waals surface area contributed by atoms with Gasteiger partial charge >= 0.3 is 12.1 Å². The Hall–Kier alpha value is -5.39. The van der Waals surface area contributed by atoms with Gasteiger partial charge in [-0.2, -0.15) is 5.26 Å². The topological polar surface area (TPSA) is 146 Å². The number of halogens is 1. The Morgan fingerprint density at radius 3 is 2.45 bits per heavy atom. The Labute approximate surface area is 332 Å². The van der Waals surface area contributed by atoms with Gasteiger partial charge in [-0.25, -0.2) is 19.6 Å². The van der Waals surface area contributed by atoms with Gasteiger partial charge in [0.25, 0.3) is 0 Å². The van der Waals surface area contributed by atoms with Crippen LogP contribution in [0.15, 0.2) is 61.1 Å². The van der Waals surface area contributed by atoms with Gasteiger partial charge in [0.05, 0.1) is 39.9 Å². The number of urea groups is 2. The fourth-order valence-electron chi connectivity index (χ4n) is 8.87. The van der Waals surface area contributed by atoms with Crippen LogP contribution in [0.3, 0.4) is 0 Å². The number of fused-ring (bicyclic) bond motifs is 1. The number of anilines is 4. The Bertz CT molecular complexity index is 2140. The zero-order valence-corrected chi connectivity index (χ0v) is 32.7. The Morgan fingerprint density at radius 1 is 0.964 bits per heavy atom. The molecule has 2 aromatic heterocycles. The maximum absolute atomic E-state index is 13.4. The predicted octanol–water partition coefficient (Wildman–Crippen LogP) is 6.09. The van der Waals surface area contributed by atoms with Crippen molar-refractivity contribution in [1.29, 1.82) is 5.26 Å². The number of hydrogen-bond acceptors (Lipinski definition) is 9. The molecule has 4 fully saturated rings. The van der Waals surface area contributed by atoms with Crippen molar-refractivity contribution in [2.24, 2.45) is 5.92 Å². The highest BCUT2D eigenvalue weighted by molar-refractivity contribution is 6.32. The quantitative estimate of drug-likeness (QED) is 0.228. The standard InChI is InChI=1S/C41H48ClN11O3/c1-27-25-53(28(2)24-52(27)33-7-6-30(21-43)35(42)20-33)40(55)46-31-22-44-39(45-23-31)49-16-8-29(9-17-49)26-48-14-10-32(11-15-48)50-18-12-34-36(50)4-3-5-37(34)51-19-13-38(54)47-41(51)56/h3-7,12,18,20,22-23,27-29,32H,8-11,13-17,19,24-26H2,1-2H3,(H,46,55)(H,47,54,56)/t27-,28+/m1/s1. The highest BCUT2D eigenvalue weighted by atomic mass is 35.5. The van der Waals surface area contributed by atoms with E-state index in [1.807, 2.05) is 36.1 Å². The molecule has 4 aliphatic heterocycles. The number of nitrogens with one attached hydrogen (secondary N) is 2. The van der Waals surface area contributed by atoms with E-state index >= 15 is 0 Å².